The number of pyridine rings is 1. The van der Waals surface area contributed by atoms with E-state index < -0.39 is 42.1 Å². The molecule has 1 fully saturated rings. The van der Waals surface area contributed by atoms with Crippen LogP contribution in [0.1, 0.15) is 28.2 Å². The lowest BCUT2D eigenvalue weighted by atomic mass is 9.70. The van der Waals surface area contributed by atoms with Crippen molar-refractivity contribution in [3.05, 3.63) is 86.5 Å². The number of methoxy groups -OCH3 is 1. The smallest absolute Gasteiger partial charge is 0.250 e. The second-order valence-corrected chi connectivity index (χ2v) is 10.8. The molecular formula is C27H26BrClF2N2O4. The highest BCUT2D eigenvalue weighted by Crippen LogP contribution is 2.69. The van der Waals surface area contributed by atoms with Gasteiger partial charge in [-0.05, 0) is 30.2 Å². The molecule has 0 radical (unpaired) electrons. The van der Waals surface area contributed by atoms with E-state index in [4.69, 9.17) is 21.1 Å². The average Bonchev–Trinajstić information content (AvgIpc) is 3.22. The molecule has 1 aromatic heterocycles. The van der Waals surface area contributed by atoms with Gasteiger partial charge in [0.05, 0.1) is 25.3 Å². The van der Waals surface area contributed by atoms with Gasteiger partial charge in [-0.15, -0.1) is 0 Å². The molecule has 0 amide bonds. The number of fused-ring (bicyclic) bond motifs is 3. The first kappa shape index (κ1) is 26.3. The van der Waals surface area contributed by atoms with Gasteiger partial charge in [0.2, 0.25) is 5.88 Å². The van der Waals surface area contributed by atoms with Crippen molar-refractivity contribution >= 4 is 27.5 Å². The maximum atomic E-state index is 13.0. The Balaban J connectivity index is 1.80. The van der Waals surface area contributed by atoms with E-state index in [2.05, 4.69) is 26.2 Å². The van der Waals surface area contributed by atoms with Gasteiger partial charge in [0.25, 0.3) is 6.43 Å². The highest BCUT2D eigenvalue weighted by molar-refractivity contribution is 9.10. The Hall–Kier alpha value is -2.30. The number of benzene rings is 2. The van der Waals surface area contributed by atoms with Crippen LogP contribution in [-0.2, 0) is 11.2 Å². The molecule has 2 aromatic carbocycles. The maximum Gasteiger partial charge on any atom is 0.250 e. The molecule has 5 atom stereocenters. The molecule has 0 bridgehead atoms. The fourth-order valence-corrected chi connectivity index (χ4v) is 6.39. The summed E-state index contributed by atoms with van der Waals surface area (Å²) in [5.41, 5.74) is -1.04. The quantitative estimate of drug-likeness (QED) is 0.337. The van der Waals surface area contributed by atoms with Crippen molar-refractivity contribution in [2.24, 2.45) is 5.92 Å². The van der Waals surface area contributed by atoms with E-state index in [0.717, 1.165) is 15.6 Å². The fourth-order valence-electron chi connectivity index (χ4n) is 5.95. The summed E-state index contributed by atoms with van der Waals surface area (Å²) in [6.45, 7) is 1.41. The van der Waals surface area contributed by atoms with Crippen LogP contribution in [0.15, 0.2) is 59.1 Å². The third kappa shape index (κ3) is 4.03. The molecule has 2 heterocycles. The zero-order valence-corrected chi connectivity index (χ0v) is 22.4. The largest absolute Gasteiger partial charge is 0.481 e. The Labute approximate surface area is 226 Å². The van der Waals surface area contributed by atoms with Crippen molar-refractivity contribution in [1.82, 2.24) is 10.3 Å². The van der Waals surface area contributed by atoms with Crippen LogP contribution in [0.25, 0.3) is 0 Å². The van der Waals surface area contributed by atoms with Crippen molar-refractivity contribution in [1.29, 1.82) is 0 Å². The Bertz CT molecular complexity index is 1300. The number of aliphatic hydroxyl groups excluding tert-OH is 1. The summed E-state index contributed by atoms with van der Waals surface area (Å²) in [7, 11) is 1.39. The fraction of sp³-hybridized carbons (Fsp3) is 0.370. The highest BCUT2D eigenvalue weighted by Gasteiger charge is 2.76. The van der Waals surface area contributed by atoms with Crippen LogP contribution >= 0.6 is 27.5 Å². The number of alkyl halides is 2. The lowest BCUT2D eigenvalue weighted by Gasteiger charge is -2.41. The SMILES string of the molecule is COc1nc(Cl)cc2c1[C@]1(O)[C@H](O)[C@H](CNCC(F)F)[C@@H](c3ccc(C)cc3)[C@]1(c1ccc(Br)cc1)O2. The van der Waals surface area contributed by atoms with Crippen LogP contribution in [0.5, 0.6) is 11.6 Å². The van der Waals surface area contributed by atoms with Crippen molar-refractivity contribution in [3.63, 3.8) is 0 Å². The van der Waals surface area contributed by atoms with Crippen molar-refractivity contribution in [2.45, 2.75) is 36.6 Å². The number of aliphatic hydroxyl groups is 2. The predicted molar refractivity (Wildman–Crippen MR) is 138 cm³/mol. The topological polar surface area (TPSA) is 83.8 Å². The summed E-state index contributed by atoms with van der Waals surface area (Å²) in [6, 6.07) is 16.4. The number of nitrogens with one attached hydrogen (secondary N) is 1. The number of halogens is 4. The summed E-state index contributed by atoms with van der Waals surface area (Å²) >= 11 is 9.71. The zero-order valence-electron chi connectivity index (χ0n) is 20.1. The lowest BCUT2D eigenvalue weighted by molar-refractivity contribution is -0.152. The summed E-state index contributed by atoms with van der Waals surface area (Å²) in [5.74, 6) is -1.12. The van der Waals surface area contributed by atoms with Crippen molar-refractivity contribution in [2.75, 3.05) is 20.2 Å². The number of nitrogens with zero attached hydrogens (tertiary/aromatic N) is 1. The molecule has 10 heteroatoms. The molecule has 37 heavy (non-hydrogen) atoms. The highest BCUT2D eigenvalue weighted by atomic mass is 79.9. The Kier molecular flexibility index (Phi) is 6.96. The molecule has 1 saturated carbocycles. The lowest BCUT2D eigenvalue weighted by Crippen LogP contribution is -2.52. The van der Waals surface area contributed by atoms with Gasteiger partial charge >= 0.3 is 0 Å². The molecule has 0 unspecified atom stereocenters. The number of aromatic nitrogens is 1. The van der Waals surface area contributed by atoms with Crippen LogP contribution in [-0.4, -0.2) is 47.9 Å². The van der Waals surface area contributed by atoms with Crippen LogP contribution in [0.4, 0.5) is 8.78 Å². The van der Waals surface area contributed by atoms with Crippen molar-refractivity contribution < 1.29 is 28.5 Å². The van der Waals surface area contributed by atoms with E-state index in [1.165, 1.54) is 13.2 Å². The predicted octanol–water partition coefficient (Wildman–Crippen LogP) is 4.92. The molecule has 3 N–H and O–H groups in total. The number of hydrogen-bond donors (Lipinski definition) is 3. The normalized spacial score (nSPS) is 28.2. The molecule has 196 valence electrons. The minimum atomic E-state index is -2.57. The molecule has 6 nitrogen and oxygen atoms in total. The Morgan fingerprint density at radius 2 is 1.86 bits per heavy atom. The van der Waals surface area contributed by atoms with E-state index in [1.54, 1.807) is 0 Å². The number of hydrogen-bond acceptors (Lipinski definition) is 6. The van der Waals surface area contributed by atoms with Gasteiger partial charge < -0.3 is 25.0 Å². The van der Waals surface area contributed by atoms with Crippen LogP contribution in [0, 0.1) is 12.8 Å². The van der Waals surface area contributed by atoms with Gasteiger partial charge in [-0.2, -0.15) is 0 Å². The standard InChI is InChI=1S/C27H26BrClF2N2O4/c1-14-3-5-15(6-4-14)22-18(12-32-13-21(30)31)24(34)26(35)23-19(11-20(29)33-25(23)36-2)37-27(22,26)16-7-9-17(28)10-8-16/h3-11,18,21-22,24,32,34-35H,12-13H2,1-2H3/t18-,22-,24-,26+,27+/m1/s1. The second kappa shape index (κ2) is 9.78. The van der Waals surface area contributed by atoms with Crippen LogP contribution in [0.2, 0.25) is 5.15 Å². The Morgan fingerprint density at radius 1 is 1.19 bits per heavy atom. The Morgan fingerprint density at radius 3 is 2.49 bits per heavy atom. The van der Waals surface area contributed by atoms with Gasteiger partial charge in [0, 0.05) is 28.9 Å². The molecule has 2 aliphatic rings. The number of aryl methyl sites for hydroxylation is 1. The average molecular weight is 596 g/mol. The van der Waals surface area contributed by atoms with Crippen LogP contribution in [0.3, 0.4) is 0 Å². The van der Waals surface area contributed by atoms with Gasteiger partial charge in [0.15, 0.2) is 11.2 Å². The molecule has 3 aromatic rings. The molecule has 5 rings (SSSR count). The second-order valence-electron chi connectivity index (χ2n) is 9.48. The monoisotopic (exact) mass is 594 g/mol. The number of rotatable bonds is 7. The summed E-state index contributed by atoms with van der Waals surface area (Å²) in [6.07, 6.45) is -4.01. The maximum absolute atomic E-state index is 13.0. The summed E-state index contributed by atoms with van der Waals surface area (Å²) in [4.78, 5) is 4.23. The van der Waals surface area contributed by atoms with Crippen LogP contribution < -0.4 is 14.8 Å². The molecule has 0 saturated heterocycles. The van der Waals surface area contributed by atoms with E-state index >= 15 is 0 Å². The molecule has 0 spiro atoms. The minimum absolute atomic E-state index is 0.00661. The summed E-state index contributed by atoms with van der Waals surface area (Å²) in [5, 5.41) is 27.4. The van der Waals surface area contributed by atoms with E-state index in [1.807, 2.05) is 55.5 Å². The van der Waals surface area contributed by atoms with Gasteiger partial charge in [-0.3, -0.25) is 0 Å². The van der Waals surface area contributed by atoms with E-state index in [9.17, 15) is 19.0 Å². The molecule has 1 aliphatic carbocycles. The first-order chi connectivity index (χ1) is 17.6. The van der Waals surface area contributed by atoms with E-state index in [-0.39, 0.29) is 28.9 Å². The van der Waals surface area contributed by atoms with E-state index in [0.29, 0.717) is 5.56 Å². The zero-order chi connectivity index (χ0) is 26.5. The van der Waals surface area contributed by atoms with Gasteiger partial charge in [0.1, 0.15) is 10.9 Å². The number of ether oxygens (including phenoxy) is 2. The first-order valence-corrected chi connectivity index (χ1v) is 13.0. The summed E-state index contributed by atoms with van der Waals surface area (Å²) < 4.78 is 39.1. The third-order valence-electron chi connectivity index (χ3n) is 7.42. The van der Waals surface area contributed by atoms with Crippen molar-refractivity contribution in [3.8, 4) is 11.6 Å². The first-order valence-electron chi connectivity index (χ1n) is 11.8. The molecular weight excluding hydrogens is 570 g/mol. The third-order valence-corrected chi connectivity index (χ3v) is 8.14. The molecule has 1 aliphatic heterocycles. The van der Waals surface area contributed by atoms with Gasteiger partial charge in [-0.25, -0.2) is 13.8 Å². The van der Waals surface area contributed by atoms with Gasteiger partial charge in [-0.1, -0.05) is 69.5 Å². The minimum Gasteiger partial charge on any atom is -0.481 e.